The molecule has 10 nitrogen and oxygen atoms in total. The zero-order chi connectivity index (χ0) is 39.6. The molecule has 2 aliphatic carbocycles. The number of alkyl halides is 4. The Morgan fingerprint density at radius 2 is 1.82 bits per heavy atom. The first kappa shape index (κ1) is 37.7. The van der Waals surface area contributed by atoms with Crippen molar-refractivity contribution in [2.24, 2.45) is 13.0 Å². The Labute approximate surface area is 315 Å². The molecule has 0 radical (unpaired) electrons. The van der Waals surface area contributed by atoms with Crippen molar-refractivity contribution in [2.75, 3.05) is 11.9 Å². The maximum absolute atomic E-state index is 15.4. The van der Waals surface area contributed by atoms with Crippen molar-refractivity contribution in [3.63, 3.8) is 0 Å². The summed E-state index contributed by atoms with van der Waals surface area (Å²) in [5.74, 6) is -2.40. The molecule has 2 aliphatic rings. The van der Waals surface area contributed by atoms with Crippen molar-refractivity contribution in [2.45, 2.75) is 63.1 Å². The summed E-state index contributed by atoms with van der Waals surface area (Å²) >= 11 is 6.63. The summed E-state index contributed by atoms with van der Waals surface area (Å²) in [6.45, 7) is 1.95. The number of benzene rings is 2. The quantitative estimate of drug-likeness (QED) is 0.0785. The van der Waals surface area contributed by atoms with Gasteiger partial charge in [0.15, 0.2) is 5.82 Å². The second-order valence-corrected chi connectivity index (χ2v) is 14.4. The SMILES string of the molecule is Cn1nc(NCC#N)c2c(Cl)ccc(-c3ccc(C#CC(C)(C)O)nc3[C@H](Cc3cc(F)cc(F)c3)NC(=O)Cn3nc(C(F)F)c4c3C(F)(F)[C@@H]3C[C@H]43)c21. The molecular formula is C38H31ClF6N8O2. The third-order valence-electron chi connectivity index (χ3n) is 9.47. The van der Waals surface area contributed by atoms with Gasteiger partial charge in [-0.05, 0) is 74.4 Å². The smallest absolute Gasteiger partial charge is 0.293 e. The molecule has 0 unspecified atom stereocenters. The van der Waals surface area contributed by atoms with Gasteiger partial charge in [-0.1, -0.05) is 23.6 Å². The fourth-order valence-electron chi connectivity index (χ4n) is 7.23. The molecular weight excluding hydrogens is 750 g/mol. The van der Waals surface area contributed by atoms with Gasteiger partial charge >= 0.3 is 0 Å². The fraction of sp³-hybridized carbons (Fsp3) is 0.342. The number of aromatic nitrogens is 5. The lowest BCUT2D eigenvalue weighted by atomic mass is 9.93. The van der Waals surface area contributed by atoms with Crippen LogP contribution in [0.4, 0.5) is 32.2 Å². The molecule has 284 valence electrons. The van der Waals surface area contributed by atoms with Gasteiger partial charge in [0.25, 0.3) is 12.3 Å². The molecule has 17 heteroatoms. The maximum Gasteiger partial charge on any atom is 0.293 e. The first-order valence-electron chi connectivity index (χ1n) is 17.0. The number of hydrogen-bond donors (Lipinski definition) is 3. The Kier molecular flexibility index (Phi) is 9.55. The minimum Gasteiger partial charge on any atom is -0.378 e. The highest BCUT2D eigenvalue weighted by molar-refractivity contribution is 6.37. The molecule has 0 saturated heterocycles. The molecule has 0 spiro atoms. The number of pyridine rings is 1. The number of hydrogen-bond acceptors (Lipinski definition) is 7. The van der Waals surface area contributed by atoms with Crippen LogP contribution in [0.15, 0.2) is 42.5 Å². The number of fused-ring (bicyclic) bond motifs is 4. The Morgan fingerprint density at radius 1 is 1.11 bits per heavy atom. The molecule has 3 atom stereocenters. The predicted molar refractivity (Wildman–Crippen MR) is 189 cm³/mol. The number of carbonyl (C=O) groups is 1. The number of nitrogens with one attached hydrogen (secondary N) is 2. The first-order chi connectivity index (χ1) is 26.0. The second kappa shape index (κ2) is 13.9. The van der Waals surface area contributed by atoms with Gasteiger partial charge in [-0.2, -0.15) is 24.2 Å². The van der Waals surface area contributed by atoms with E-state index in [1.165, 1.54) is 18.5 Å². The van der Waals surface area contributed by atoms with Crippen LogP contribution in [0.5, 0.6) is 0 Å². The number of halogens is 7. The van der Waals surface area contributed by atoms with E-state index in [4.69, 9.17) is 16.6 Å². The van der Waals surface area contributed by atoms with E-state index in [9.17, 15) is 32.7 Å². The lowest BCUT2D eigenvalue weighted by Gasteiger charge is -2.23. The van der Waals surface area contributed by atoms with Crippen molar-refractivity contribution in [3.8, 4) is 29.0 Å². The molecule has 2 aromatic carbocycles. The number of amides is 1. The van der Waals surface area contributed by atoms with E-state index < -0.39 is 71.3 Å². The average molecular weight is 781 g/mol. The number of aliphatic hydroxyl groups is 1. The lowest BCUT2D eigenvalue weighted by Crippen LogP contribution is -2.35. The van der Waals surface area contributed by atoms with Gasteiger partial charge in [-0.15, -0.1) is 0 Å². The summed E-state index contributed by atoms with van der Waals surface area (Å²) in [4.78, 5) is 18.6. The van der Waals surface area contributed by atoms with Crippen molar-refractivity contribution < 1.29 is 36.2 Å². The Morgan fingerprint density at radius 3 is 2.49 bits per heavy atom. The topological polar surface area (TPSA) is 134 Å². The normalized spacial score (nSPS) is 17.3. The number of rotatable bonds is 10. The number of nitriles is 1. The summed E-state index contributed by atoms with van der Waals surface area (Å²) in [7, 11) is 1.64. The molecule has 7 rings (SSSR count). The van der Waals surface area contributed by atoms with E-state index in [0.29, 0.717) is 43.6 Å². The van der Waals surface area contributed by atoms with Gasteiger partial charge in [0, 0.05) is 35.7 Å². The minimum absolute atomic E-state index is 0.0372. The van der Waals surface area contributed by atoms with Crippen molar-refractivity contribution in [1.82, 2.24) is 29.9 Å². The molecule has 3 heterocycles. The van der Waals surface area contributed by atoms with Gasteiger partial charge in [0.05, 0.1) is 33.7 Å². The standard InChI is InChI=1S/C38H31ClF6N8O2/c1-37(2,55)9-8-21-4-5-22(23-6-7-26(39)30-33(23)52(3)51-36(30)47-11-10-46)31(48-21)27(14-18-12-19(40)15-20(41)13-18)49-28(54)17-53-34-29(32(50-53)35(42)43)24-16-25(24)38(34,44)45/h4-7,12-13,15,24-25,27,35,55H,11,14,16-17H2,1-3H3,(H,47,51)(H,49,54)/t24-,25+,27-/m0/s1. The van der Waals surface area contributed by atoms with Crippen LogP contribution in [0.2, 0.25) is 5.02 Å². The van der Waals surface area contributed by atoms with E-state index in [2.05, 4.69) is 32.7 Å². The zero-order valence-corrected chi connectivity index (χ0v) is 30.1. The van der Waals surface area contributed by atoms with E-state index >= 15 is 8.78 Å². The number of anilines is 1. The van der Waals surface area contributed by atoms with Gasteiger partial charge in [-0.3, -0.25) is 14.2 Å². The average Bonchev–Trinajstić information content (AvgIpc) is 3.63. The van der Waals surface area contributed by atoms with Gasteiger partial charge < -0.3 is 15.7 Å². The summed E-state index contributed by atoms with van der Waals surface area (Å²) in [5, 5.41) is 34.1. The molecule has 1 fully saturated rings. The van der Waals surface area contributed by atoms with E-state index in [1.54, 1.807) is 31.3 Å². The minimum atomic E-state index is -3.48. The van der Waals surface area contributed by atoms with Crippen molar-refractivity contribution >= 4 is 34.2 Å². The van der Waals surface area contributed by atoms with E-state index in [-0.39, 0.29) is 41.9 Å². The number of carbonyl (C=O) groups excluding carboxylic acids is 1. The maximum atomic E-state index is 15.4. The van der Waals surface area contributed by atoms with Crippen LogP contribution in [-0.2, 0) is 30.7 Å². The van der Waals surface area contributed by atoms with Gasteiger partial charge in [0.1, 0.15) is 47.4 Å². The fourth-order valence-corrected chi connectivity index (χ4v) is 7.47. The monoisotopic (exact) mass is 780 g/mol. The molecule has 1 amide bonds. The summed E-state index contributed by atoms with van der Waals surface area (Å²) in [6.07, 6.45) is -3.41. The zero-order valence-electron chi connectivity index (χ0n) is 29.4. The number of aryl methyl sites for hydroxylation is 1. The van der Waals surface area contributed by atoms with Gasteiger partial charge in [-0.25, -0.2) is 22.5 Å². The van der Waals surface area contributed by atoms with Crippen LogP contribution in [0.25, 0.3) is 22.0 Å². The molecule has 3 N–H and O–H groups in total. The van der Waals surface area contributed by atoms with Crippen LogP contribution in [0, 0.1) is 40.7 Å². The second-order valence-electron chi connectivity index (χ2n) is 14.0. The molecule has 55 heavy (non-hydrogen) atoms. The van der Waals surface area contributed by atoms with E-state index in [0.717, 1.165) is 12.1 Å². The van der Waals surface area contributed by atoms with Gasteiger partial charge in [0.2, 0.25) is 5.91 Å². The molecule has 0 bridgehead atoms. The highest BCUT2D eigenvalue weighted by atomic mass is 35.5. The Bertz CT molecular complexity index is 2450. The highest BCUT2D eigenvalue weighted by Gasteiger charge is 2.67. The molecule has 0 aliphatic heterocycles. The predicted octanol–water partition coefficient (Wildman–Crippen LogP) is 7.07. The third kappa shape index (κ3) is 7.20. The van der Waals surface area contributed by atoms with Crippen LogP contribution >= 0.6 is 11.6 Å². The first-order valence-corrected chi connectivity index (χ1v) is 17.4. The van der Waals surface area contributed by atoms with Crippen LogP contribution in [-0.4, -0.2) is 47.7 Å². The largest absolute Gasteiger partial charge is 0.378 e. The van der Waals surface area contributed by atoms with Crippen molar-refractivity contribution in [3.05, 3.63) is 93.0 Å². The summed E-state index contributed by atoms with van der Waals surface area (Å²) < 4.78 is 89.9. The summed E-state index contributed by atoms with van der Waals surface area (Å²) in [5.41, 5.74) is -1.58. The molecule has 1 saturated carbocycles. The molecule has 3 aromatic heterocycles. The van der Waals surface area contributed by atoms with Crippen LogP contribution in [0.1, 0.15) is 72.6 Å². The summed E-state index contributed by atoms with van der Waals surface area (Å²) in [6, 6.07) is 9.93. The highest BCUT2D eigenvalue weighted by Crippen LogP contribution is 2.68. The van der Waals surface area contributed by atoms with E-state index in [1.807, 2.05) is 6.07 Å². The van der Waals surface area contributed by atoms with Crippen LogP contribution < -0.4 is 10.6 Å². The van der Waals surface area contributed by atoms with Crippen molar-refractivity contribution in [1.29, 1.82) is 5.26 Å². The Hall–Kier alpha value is -5.58. The lowest BCUT2D eigenvalue weighted by molar-refractivity contribution is -0.123. The number of nitrogens with zero attached hydrogens (tertiary/aromatic N) is 6. The molecule has 5 aromatic rings. The Balaban J connectivity index is 1.38. The van der Waals surface area contributed by atoms with Crippen LogP contribution in [0.3, 0.4) is 0 Å². The third-order valence-corrected chi connectivity index (χ3v) is 9.79.